The number of aromatic hydroxyl groups is 2. The maximum atomic E-state index is 9.39. The summed E-state index contributed by atoms with van der Waals surface area (Å²) in [6.45, 7) is 11.7. The molecule has 2 nitrogen and oxygen atoms in total. The lowest BCUT2D eigenvalue weighted by Gasteiger charge is -2.04. The van der Waals surface area contributed by atoms with Gasteiger partial charge in [-0.05, 0) is 81.0 Å². The largest absolute Gasteiger partial charge is 0.508 e. The fraction of sp³-hybridized carbons (Fsp3) is 0.333. The highest BCUT2D eigenvalue weighted by atomic mass is 16.3. The van der Waals surface area contributed by atoms with E-state index in [0.717, 1.165) is 33.4 Å². The quantitative estimate of drug-likeness (QED) is 0.733. The van der Waals surface area contributed by atoms with Crippen molar-refractivity contribution >= 4 is 0 Å². The van der Waals surface area contributed by atoms with Crippen LogP contribution in [0.25, 0.3) is 0 Å². The van der Waals surface area contributed by atoms with Crippen LogP contribution < -0.4 is 0 Å². The molecule has 0 spiro atoms. The lowest BCUT2D eigenvalue weighted by atomic mass is 10.1. The van der Waals surface area contributed by atoms with Crippen LogP contribution in [0.4, 0.5) is 0 Å². The van der Waals surface area contributed by atoms with Crippen LogP contribution >= 0.6 is 0 Å². The third-order valence-corrected chi connectivity index (χ3v) is 3.69. The standard InChI is InChI=1S/2C9H12O/c1-6-4-7(2)8(3)9(10)5-6;1-6-4-5-7(2)9(10)8(6)3/h2*4-5,10H,1-3H3. The maximum absolute atomic E-state index is 9.39. The van der Waals surface area contributed by atoms with E-state index in [4.69, 9.17) is 0 Å². The summed E-state index contributed by atoms with van der Waals surface area (Å²) in [5.74, 6) is 0.831. The molecule has 0 aliphatic heterocycles. The van der Waals surface area contributed by atoms with Crippen molar-refractivity contribution in [2.75, 3.05) is 0 Å². The summed E-state index contributed by atoms with van der Waals surface area (Å²) in [6, 6.07) is 7.79. The van der Waals surface area contributed by atoms with E-state index in [2.05, 4.69) is 6.07 Å². The number of rotatable bonds is 0. The molecule has 2 rings (SSSR count). The Hall–Kier alpha value is -1.96. The van der Waals surface area contributed by atoms with Gasteiger partial charge in [0.2, 0.25) is 0 Å². The molecule has 0 aliphatic carbocycles. The van der Waals surface area contributed by atoms with Gasteiger partial charge in [0.05, 0.1) is 0 Å². The lowest BCUT2D eigenvalue weighted by molar-refractivity contribution is 0.466. The third kappa shape index (κ3) is 3.77. The van der Waals surface area contributed by atoms with Crippen LogP contribution in [0.1, 0.15) is 33.4 Å². The van der Waals surface area contributed by atoms with Crippen molar-refractivity contribution in [3.05, 3.63) is 57.6 Å². The van der Waals surface area contributed by atoms with Gasteiger partial charge in [0.1, 0.15) is 11.5 Å². The van der Waals surface area contributed by atoms with Gasteiger partial charge in [0.25, 0.3) is 0 Å². The molecule has 20 heavy (non-hydrogen) atoms. The Balaban J connectivity index is 0.000000200. The van der Waals surface area contributed by atoms with E-state index in [-0.39, 0.29) is 0 Å². The van der Waals surface area contributed by atoms with Crippen LogP contribution in [0.2, 0.25) is 0 Å². The SMILES string of the molecule is Cc1cc(C)c(C)c(O)c1.Cc1ccc(C)c(O)c1C. The Kier molecular flexibility index (Phi) is 5.20. The number of phenolic OH excluding ortho intramolecular Hbond substituents is 2. The summed E-state index contributed by atoms with van der Waals surface area (Å²) < 4.78 is 0. The van der Waals surface area contributed by atoms with E-state index in [1.165, 1.54) is 0 Å². The lowest BCUT2D eigenvalue weighted by Crippen LogP contribution is -1.83. The van der Waals surface area contributed by atoms with Gasteiger partial charge in [-0.3, -0.25) is 0 Å². The number of hydrogen-bond acceptors (Lipinski definition) is 2. The second-order valence-electron chi connectivity index (χ2n) is 5.40. The first-order chi connectivity index (χ1) is 9.23. The highest BCUT2D eigenvalue weighted by Gasteiger charge is 2.00. The Bertz CT molecular complexity index is 563. The molecule has 2 aromatic rings. The predicted octanol–water partition coefficient (Wildman–Crippen LogP) is 4.63. The highest BCUT2D eigenvalue weighted by molar-refractivity contribution is 5.43. The van der Waals surface area contributed by atoms with Gasteiger partial charge < -0.3 is 10.2 Å². The first kappa shape index (κ1) is 16.1. The molecular weight excluding hydrogens is 248 g/mol. The molecular formula is C18H24O2. The molecule has 0 heterocycles. The van der Waals surface area contributed by atoms with E-state index in [9.17, 15) is 10.2 Å². The van der Waals surface area contributed by atoms with Gasteiger partial charge >= 0.3 is 0 Å². The average molecular weight is 272 g/mol. The number of phenols is 2. The molecule has 0 amide bonds. The van der Waals surface area contributed by atoms with Crippen molar-refractivity contribution in [3.63, 3.8) is 0 Å². The normalized spacial score (nSPS) is 9.90. The van der Waals surface area contributed by atoms with Gasteiger partial charge in [-0.15, -0.1) is 0 Å². The third-order valence-electron chi connectivity index (χ3n) is 3.69. The number of benzene rings is 2. The average Bonchev–Trinajstić information content (AvgIpc) is 2.39. The summed E-state index contributed by atoms with van der Waals surface area (Å²) >= 11 is 0. The highest BCUT2D eigenvalue weighted by Crippen LogP contribution is 2.23. The van der Waals surface area contributed by atoms with Crippen LogP contribution in [0.15, 0.2) is 24.3 Å². The Labute approximate surface area is 121 Å². The van der Waals surface area contributed by atoms with Crippen molar-refractivity contribution in [2.45, 2.75) is 41.5 Å². The van der Waals surface area contributed by atoms with Crippen LogP contribution in [0.5, 0.6) is 11.5 Å². The van der Waals surface area contributed by atoms with Crippen molar-refractivity contribution in [1.29, 1.82) is 0 Å². The summed E-state index contributed by atoms with van der Waals surface area (Å²) in [7, 11) is 0. The molecule has 2 heteroatoms. The Morgan fingerprint density at radius 2 is 1.20 bits per heavy atom. The zero-order valence-electron chi connectivity index (χ0n) is 13.2. The van der Waals surface area contributed by atoms with Crippen molar-refractivity contribution in [1.82, 2.24) is 0 Å². The zero-order chi connectivity index (χ0) is 15.4. The van der Waals surface area contributed by atoms with Gasteiger partial charge in [-0.25, -0.2) is 0 Å². The van der Waals surface area contributed by atoms with E-state index in [1.807, 2.05) is 53.7 Å². The van der Waals surface area contributed by atoms with E-state index in [0.29, 0.717) is 11.5 Å². The summed E-state index contributed by atoms with van der Waals surface area (Å²) in [4.78, 5) is 0. The first-order valence-corrected chi connectivity index (χ1v) is 6.76. The summed E-state index contributed by atoms with van der Waals surface area (Å²) in [6.07, 6.45) is 0. The van der Waals surface area contributed by atoms with Crippen molar-refractivity contribution in [2.24, 2.45) is 0 Å². The molecule has 108 valence electrons. The fourth-order valence-corrected chi connectivity index (χ4v) is 1.95. The van der Waals surface area contributed by atoms with E-state index < -0.39 is 0 Å². The fourth-order valence-electron chi connectivity index (χ4n) is 1.95. The van der Waals surface area contributed by atoms with Crippen LogP contribution in [0, 0.1) is 41.5 Å². The van der Waals surface area contributed by atoms with Crippen LogP contribution in [-0.2, 0) is 0 Å². The molecule has 0 unspecified atom stereocenters. The molecule has 0 aliphatic rings. The van der Waals surface area contributed by atoms with Gasteiger partial charge in [0, 0.05) is 0 Å². The van der Waals surface area contributed by atoms with Gasteiger partial charge in [0.15, 0.2) is 0 Å². The molecule has 0 aromatic heterocycles. The van der Waals surface area contributed by atoms with Gasteiger partial charge in [-0.2, -0.15) is 0 Å². The monoisotopic (exact) mass is 272 g/mol. The molecule has 2 N–H and O–H groups in total. The second kappa shape index (κ2) is 6.47. The Morgan fingerprint density at radius 1 is 0.650 bits per heavy atom. The molecule has 0 saturated carbocycles. The smallest absolute Gasteiger partial charge is 0.121 e. The van der Waals surface area contributed by atoms with E-state index in [1.54, 1.807) is 6.07 Å². The topological polar surface area (TPSA) is 40.5 Å². The number of aryl methyl sites for hydroxylation is 4. The molecule has 2 aromatic carbocycles. The van der Waals surface area contributed by atoms with Crippen molar-refractivity contribution in [3.8, 4) is 11.5 Å². The minimum Gasteiger partial charge on any atom is -0.508 e. The van der Waals surface area contributed by atoms with Crippen LogP contribution in [-0.4, -0.2) is 10.2 Å². The Morgan fingerprint density at radius 3 is 1.70 bits per heavy atom. The first-order valence-electron chi connectivity index (χ1n) is 6.76. The molecule has 0 saturated heterocycles. The minimum atomic E-state index is 0.400. The van der Waals surface area contributed by atoms with E-state index >= 15 is 0 Å². The minimum absolute atomic E-state index is 0.400. The molecule has 0 atom stereocenters. The molecule has 0 bridgehead atoms. The molecule has 0 radical (unpaired) electrons. The summed E-state index contributed by atoms with van der Waals surface area (Å²) in [5.41, 5.74) is 6.31. The maximum Gasteiger partial charge on any atom is 0.121 e. The molecule has 0 fully saturated rings. The predicted molar refractivity (Wildman–Crippen MR) is 84.6 cm³/mol. The summed E-state index contributed by atoms with van der Waals surface area (Å²) in [5, 5.41) is 18.7. The second-order valence-corrected chi connectivity index (χ2v) is 5.40. The zero-order valence-corrected chi connectivity index (χ0v) is 13.2. The van der Waals surface area contributed by atoms with Crippen molar-refractivity contribution < 1.29 is 10.2 Å². The number of hydrogen-bond donors (Lipinski definition) is 2. The van der Waals surface area contributed by atoms with Crippen LogP contribution in [0.3, 0.4) is 0 Å². The van der Waals surface area contributed by atoms with Gasteiger partial charge in [-0.1, -0.05) is 18.2 Å².